The third kappa shape index (κ3) is 1.97. The maximum absolute atomic E-state index is 8.68. The van der Waals surface area contributed by atoms with Crippen molar-refractivity contribution in [1.82, 2.24) is 9.97 Å². The third-order valence-electron chi connectivity index (χ3n) is 2.00. The van der Waals surface area contributed by atoms with Crippen LogP contribution < -0.4 is 11.1 Å². The fourth-order valence-electron chi connectivity index (χ4n) is 1.32. The van der Waals surface area contributed by atoms with Crippen LogP contribution >= 0.6 is 0 Å². The van der Waals surface area contributed by atoms with Crippen LogP contribution in [0.15, 0.2) is 24.3 Å². The predicted octanol–water partition coefficient (Wildman–Crippen LogP) is 0.616. The van der Waals surface area contributed by atoms with Crippen LogP contribution in [0.3, 0.4) is 0 Å². The van der Waals surface area contributed by atoms with Gasteiger partial charge in [-0.15, -0.1) is 0 Å². The van der Waals surface area contributed by atoms with Gasteiger partial charge in [0.15, 0.2) is 11.6 Å². The van der Waals surface area contributed by atoms with Crippen LogP contribution in [0.4, 0.5) is 11.6 Å². The minimum absolute atomic E-state index is 0.0357. The van der Waals surface area contributed by atoms with Crippen LogP contribution in [0.5, 0.6) is 0 Å². The average Bonchev–Trinajstić information content (AvgIpc) is 2.26. The molecule has 1 aromatic carbocycles. The average molecular weight is 204 g/mol. The number of nitrogens with one attached hydrogen (secondary N) is 1. The Kier molecular flexibility index (Phi) is 2.64. The van der Waals surface area contributed by atoms with Crippen LogP contribution in [0.2, 0.25) is 0 Å². The highest BCUT2D eigenvalue weighted by Crippen LogP contribution is 2.17. The van der Waals surface area contributed by atoms with Crippen LogP contribution in [-0.2, 0) is 0 Å². The lowest BCUT2D eigenvalue weighted by Crippen LogP contribution is -2.10. The van der Waals surface area contributed by atoms with Crippen molar-refractivity contribution in [3.05, 3.63) is 24.3 Å². The zero-order valence-electron chi connectivity index (χ0n) is 8.14. The second-order valence-electron chi connectivity index (χ2n) is 3.10. The second kappa shape index (κ2) is 4.10. The lowest BCUT2D eigenvalue weighted by atomic mass is 10.3. The molecule has 1 aromatic heterocycles. The monoisotopic (exact) mass is 204 g/mol. The van der Waals surface area contributed by atoms with Crippen molar-refractivity contribution in [3.63, 3.8) is 0 Å². The summed E-state index contributed by atoms with van der Waals surface area (Å²) in [7, 11) is 0. The standard InChI is InChI=1S/C10H12N4O/c11-9-10(12-5-6-15)14-8-4-2-1-3-7(8)13-9/h1-4,15H,5-6H2,(H2,11,13)(H,12,14). The Labute approximate surface area is 87.0 Å². The summed E-state index contributed by atoms with van der Waals surface area (Å²) >= 11 is 0. The maximum Gasteiger partial charge on any atom is 0.169 e. The van der Waals surface area contributed by atoms with Gasteiger partial charge < -0.3 is 16.2 Å². The number of anilines is 2. The normalized spacial score (nSPS) is 10.5. The number of aromatic nitrogens is 2. The zero-order chi connectivity index (χ0) is 10.7. The molecule has 0 aliphatic carbocycles. The fourth-order valence-corrected chi connectivity index (χ4v) is 1.32. The third-order valence-corrected chi connectivity index (χ3v) is 2.00. The number of para-hydroxylation sites is 2. The van der Waals surface area contributed by atoms with E-state index in [2.05, 4.69) is 15.3 Å². The van der Waals surface area contributed by atoms with Gasteiger partial charge in [-0.1, -0.05) is 12.1 Å². The SMILES string of the molecule is Nc1nc2ccccc2nc1NCCO. The van der Waals surface area contributed by atoms with E-state index >= 15 is 0 Å². The van der Waals surface area contributed by atoms with Crippen molar-refractivity contribution in [1.29, 1.82) is 0 Å². The van der Waals surface area contributed by atoms with Crippen LogP contribution in [0.25, 0.3) is 11.0 Å². The van der Waals surface area contributed by atoms with Gasteiger partial charge in [-0.3, -0.25) is 0 Å². The smallest absolute Gasteiger partial charge is 0.169 e. The lowest BCUT2D eigenvalue weighted by molar-refractivity contribution is 0.311. The van der Waals surface area contributed by atoms with Crippen molar-refractivity contribution >= 4 is 22.7 Å². The molecule has 4 N–H and O–H groups in total. The van der Waals surface area contributed by atoms with E-state index in [1.165, 1.54) is 0 Å². The first-order valence-electron chi connectivity index (χ1n) is 4.68. The van der Waals surface area contributed by atoms with E-state index in [9.17, 15) is 0 Å². The molecule has 0 saturated carbocycles. The summed E-state index contributed by atoms with van der Waals surface area (Å²) in [5.74, 6) is 0.866. The lowest BCUT2D eigenvalue weighted by Gasteiger charge is -2.07. The van der Waals surface area contributed by atoms with Crippen molar-refractivity contribution < 1.29 is 5.11 Å². The topological polar surface area (TPSA) is 84.1 Å². The summed E-state index contributed by atoms with van der Waals surface area (Å²) in [5, 5.41) is 11.6. The van der Waals surface area contributed by atoms with Gasteiger partial charge in [0.1, 0.15) is 0 Å². The van der Waals surface area contributed by atoms with Gasteiger partial charge in [-0.25, -0.2) is 9.97 Å². The summed E-state index contributed by atoms with van der Waals surface area (Å²) in [5.41, 5.74) is 7.26. The number of rotatable bonds is 3. The molecule has 0 bridgehead atoms. The molecule has 0 fully saturated rings. The highest BCUT2D eigenvalue weighted by molar-refractivity contribution is 5.79. The largest absolute Gasteiger partial charge is 0.395 e. The number of nitrogen functional groups attached to an aromatic ring is 1. The molecule has 15 heavy (non-hydrogen) atoms. The zero-order valence-corrected chi connectivity index (χ0v) is 8.14. The Morgan fingerprint density at radius 1 is 1.20 bits per heavy atom. The number of aliphatic hydroxyl groups is 1. The van der Waals surface area contributed by atoms with Gasteiger partial charge in [0.05, 0.1) is 17.6 Å². The summed E-state index contributed by atoms with van der Waals surface area (Å²) in [6.45, 7) is 0.450. The first-order valence-corrected chi connectivity index (χ1v) is 4.68. The Balaban J connectivity index is 2.43. The van der Waals surface area contributed by atoms with E-state index in [0.29, 0.717) is 18.2 Å². The molecule has 78 valence electrons. The van der Waals surface area contributed by atoms with Gasteiger partial charge in [-0.05, 0) is 12.1 Å². The van der Waals surface area contributed by atoms with Crippen molar-refractivity contribution in [2.45, 2.75) is 0 Å². The van der Waals surface area contributed by atoms with E-state index in [1.54, 1.807) is 0 Å². The minimum Gasteiger partial charge on any atom is -0.395 e. The highest BCUT2D eigenvalue weighted by atomic mass is 16.3. The number of fused-ring (bicyclic) bond motifs is 1. The molecule has 0 spiro atoms. The molecule has 2 aromatic rings. The van der Waals surface area contributed by atoms with Gasteiger partial charge in [0, 0.05) is 6.54 Å². The van der Waals surface area contributed by atoms with E-state index in [-0.39, 0.29) is 6.61 Å². The van der Waals surface area contributed by atoms with Crippen molar-refractivity contribution in [2.24, 2.45) is 0 Å². The van der Waals surface area contributed by atoms with Crippen molar-refractivity contribution in [2.75, 3.05) is 24.2 Å². The molecule has 1 heterocycles. The van der Waals surface area contributed by atoms with E-state index in [0.717, 1.165) is 11.0 Å². The van der Waals surface area contributed by atoms with E-state index < -0.39 is 0 Å². The minimum atomic E-state index is 0.0357. The summed E-state index contributed by atoms with van der Waals surface area (Å²) in [6.07, 6.45) is 0. The molecule has 5 heteroatoms. The van der Waals surface area contributed by atoms with E-state index in [1.807, 2.05) is 24.3 Å². The number of hydrogen-bond donors (Lipinski definition) is 3. The van der Waals surface area contributed by atoms with Crippen LogP contribution in [0, 0.1) is 0 Å². The summed E-state index contributed by atoms with van der Waals surface area (Å²) in [4.78, 5) is 8.50. The molecule has 0 radical (unpaired) electrons. The number of benzene rings is 1. The number of nitrogens with two attached hydrogens (primary N) is 1. The highest BCUT2D eigenvalue weighted by Gasteiger charge is 2.03. The Bertz CT molecular complexity index is 472. The first kappa shape index (κ1) is 9.67. The molecule has 0 atom stereocenters. The Morgan fingerprint density at radius 3 is 2.53 bits per heavy atom. The summed E-state index contributed by atoms with van der Waals surface area (Å²) < 4.78 is 0. The van der Waals surface area contributed by atoms with E-state index in [4.69, 9.17) is 10.8 Å². The molecule has 0 saturated heterocycles. The molecular formula is C10H12N4O. The number of nitrogens with zero attached hydrogens (tertiary/aromatic N) is 2. The molecular weight excluding hydrogens is 192 g/mol. The Hall–Kier alpha value is -1.88. The molecule has 0 amide bonds. The molecule has 0 aliphatic rings. The quantitative estimate of drug-likeness (QED) is 0.682. The van der Waals surface area contributed by atoms with Crippen molar-refractivity contribution in [3.8, 4) is 0 Å². The van der Waals surface area contributed by atoms with Crippen LogP contribution in [-0.4, -0.2) is 28.2 Å². The van der Waals surface area contributed by atoms with Gasteiger partial charge in [0.2, 0.25) is 0 Å². The summed E-state index contributed by atoms with van der Waals surface area (Å²) in [6, 6.07) is 7.50. The van der Waals surface area contributed by atoms with Gasteiger partial charge in [0.25, 0.3) is 0 Å². The molecule has 0 unspecified atom stereocenters. The maximum atomic E-state index is 8.68. The van der Waals surface area contributed by atoms with Gasteiger partial charge >= 0.3 is 0 Å². The predicted molar refractivity (Wildman–Crippen MR) is 59.5 cm³/mol. The van der Waals surface area contributed by atoms with Crippen LogP contribution in [0.1, 0.15) is 0 Å². The fraction of sp³-hybridized carbons (Fsp3) is 0.200. The number of hydrogen-bond acceptors (Lipinski definition) is 5. The molecule has 0 aliphatic heterocycles. The molecule has 5 nitrogen and oxygen atoms in total. The van der Waals surface area contributed by atoms with Gasteiger partial charge in [-0.2, -0.15) is 0 Å². The second-order valence-corrected chi connectivity index (χ2v) is 3.10. The first-order chi connectivity index (χ1) is 7.31. The Morgan fingerprint density at radius 2 is 1.87 bits per heavy atom. The molecule has 2 rings (SSSR count). The number of aliphatic hydroxyl groups excluding tert-OH is 1.